The molecule has 1 aromatic carbocycles. The van der Waals surface area contributed by atoms with Crippen molar-refractivity contribution in [2.75, 3.05) is 11.1 Å². The number of ketones is 1. The normalized spacial score (nSPS) is 27.5. The van der Waals surface area contributed by atoms with E-state index in [-0.39, 0.29) is 74.3 Å². The van der Waals surface area contributed by atoms with Gasteiger partial charge in [-0.25, -0.2) is 17.9 Å². The monoisotopic (exact) mass is 469 g/mol. The molecule has 4 aliphatic rings. The minimum absolute atomic E-state index is 0. The fraction of sp³-hybridized carbons (Fsp3) is 0.652. The molecule has 4 aliphatic carbocycles. The Bertz CT molecular complexity index is 1030. The van der Waals surface area contributed by atoms with E-state index >= 15 is 0 Å². The number of rotatable bonds is 4. The number of carbonyl (C=O) groups is 2. The third-order valence-electron chi connectivity index (χ3n) is 8.54. The maximum absolute atomic E-state index is 12.9. The Balaban J connectivity index is 0.00000231. The first-order valence-corrected chi connectivity index (χ1v) is 12.8. The summed E-state index contributed by atoms with van der Waals surface area (Å²) >= 11 is 0. The zero-order chi connectivity index (χ0) is 21.3. The predicted octanol–water partition coefficient (Wildman–Crippen LogP) is 3.13. The minimum Gasteiger partial charge on any atom is -0.307 e. The van der Waals surface area contributed by atoms with E-state index < -0.39 is 21.5 Å². The van der Waals surface area contributed by atoms with Crippen LogP contribution in [0.3, 0.4) is 0 Å². The van der Waals surface area contributed by atoms with Crippen LogP contribution >= 0.6 is 0 Å². The Hall–Kier alpha value is -0.254. The van der Waals surface area contributed by atoms with Crippen molar-refractivity contribution >= 4 is 78.9 Å². The molecule has 0 spiro atoms. The van der Waals surface area contributed by atoms with Gasteiger partial charge >= 0.3 is 6.03 Å². The van der Waals surface area contributed by atoms with E-state index in [1.54, 1.807) is 0 Å². The summed E-state index contributed by atoms with van der Waals surface area (Å²) in [5.74, 6) is -0.0300. The molecule has 2 amide bonds. The zero-order valence-corrected chi connectivity index (χ0v) is 22.7. The van der Waals surface area contributed by atoms with Crippen molar-refractivity contribution < 1.29 is 18.0 Å². The summed E-state index contributed by atoms with van der Waals surface area (Å²) in [6.07, 6.45) is 7.90. The van der Waals surface area contributed by atoms with Gasteiger partial charge in [0.05, 0.1) is 11.2 Å². The molecule has 2 N–H and O–H groups in total. The number of benzene rings is 1. The van der Waals surface area contributed by atoms with Crippen LogP contribution in [0.1, 0.15) is 68.2 Å². The maximum Gasteiger partial charge on any atom is 0.332 e. The average molecular weight is 470 g/mol. The number of carbonyl (C=O) groups excluding carboxylic acids is 2. The second-order valence-electron chi connectivity index (χ2n) is 10.2. The summed E-state index contributed by atoms with van der Waals surface area (Å²) in [5.41, 5.74) is 4.47. The Labute approximate surface area is 227 Å². The van der Waals surface area contributed by atoms with E-state index in [1.807, 2.05) is 13.8 Å². The first kappa shape index (κ1) is 23.9. The van der Waals surface area contributed by atoms with Gasteiger partial charge in [-0.1, -0.05) is 19.9 Å². The fourth-order valence-corrected chi connectivity index (χ4v) is 8.45. The summed E-state index contributed by atoms with van der Waals surface area (Å²) in [6, 6.07) is 1.56. The third kappa shape index (κ3) is 3.79. The minimum atomic E-state index is -3.94. The van der Waals surface area contributed by atoms with Crippen LogP contribution in [0.2, 0.25) is 0 Å². The predicted molar refractivity (Wildman–Crippen MR) is 121 cm³/mol. The number of fused-ring (bicyclic) bond motifs is 4. The summed E-state index contributed by atoms with van der Waals surface area (Å²) < 4.78 is 28.1. The molecule has 31 heavy (non-hydrogen) atoms. The molecule has 0 aromatic heterocycles. The quantitative estimate of drug-likeness (QED) is 0.663. The van der Waals surface area contributed by atoms with Gasteiger partial charge in [0.15, 0.2) is 0 Å². The summed E-state index contributed by atoms with van der Waals surface area (Å²) in [6.45, 7) is 4.00. The standard InChI is InChI=1S/C23H30N2O4S.K/c1-22(2)16-9-10-23(22,19(26)12-16)13-30(28,29)25-21(27)24-20-17-7-3-5-14(17)11-15-6-4-8-18(15)20;/h11,16H,3-10,12-13H2,1-2H3,(H2,24,25,27);/t16?,23-;/m1./s1. The second-order valence-corrected chi connectivity index (χ2v) is 11.9. The van der Waals surface area contributed by atoms with Crippen LogP contribution in [0, 0.1) is 16.7 Å². The van der Waals surface area contributed by atoms with Crippen molar-refractivity contribution in [1.29, 1.82) is 0 Å². The number of Topliss-reactive ketones (excluding diaryl/α,β-unsaturated/α-hetero) is 1. The van der Waals surface area contributed by atoms with Crippen LogP contribution in [0.15, 0.2) is 6.07 Å². The van der Waals surface area contributed by atoms with Gasteiger partial charge in [0.1, 0.15) is 5.78 Å². The van der Waals surface area contributed by atoms with Crippen LogP contribution in [-0.2, 0) is 40.5 Å². The molecule has 2 bridgehead atoms. The van der Waals surface area contributed by atoms with E-state index in [2.05, 4.69) is 16.1 Å². The Morgan fingerprint density at radius 2 is 1.71 bits per heavy atom. The van der Waals surface area contributed by atoms with Gasteiger partial charge in [-0.15, -0.1) is 0 Å². The van der Waals surface area contributed by atoms with Crippen LogP contribution in [-0.4, -0.2) is 77.4 Å². The fourth-order valence-electron chi connectivity index (χ4n) is 6.72. The van der Waals surface area contributed by atoms with Crippen LogP contribution in [0.25, 0.3) is 0 Å². The number of urea groups is 1. The second kappa shape index (κ2) is 8.20. The third-order valence-corrected chi connectivity index (χ3v) is 9.90. The van der Waals surface area contributed by atoms with Crippen molar-refractivity contribution in [3.8, 4) is 0 Å². The molecule has 1 aromatic rings. The van der Waals surface area contributed by atoms with Crippen LogP contribution < -0.4 is 10.0 Å². The Morgan fingerprint density at radius 1 is 1.10 bits per heavy atom. The van der Waals surface area contributed by atoms with Gasteiger partial charge in [-0.2, -0.15) is 0 Å². The van der Waals surface area contributed by atoms with E-state index in [0.29, 0.717) is 12.8 Å². The largest absolute Gasteiger partial charge is 0.332 e. The molecule has 0 saturated heterocycles. The molecule has 163 valence electrons. The molecule has 6 nitrogen and oxygen atoms in total. The zero-order valence-electron chi connectivity index (χ0n) is 18.8. The first-order valence-electron chi connectivity index (χ1n) is 11.1. The van der Waals surface area contributed by atoms with Gasteiger partial charge in [0.25, 0.3) is 0 Å². The SMILES string of the molecule is CC1(C)C2CC[C@@]1(CS(=O)(=O)NC(=O)Nc1c3c(cc4c1CCC4)CCC3)C(=O)C2.[K]. The van der Waals surface area contributed by atoms with Crippen molar-refractivity contribution in [2.24, 2.45) is 16.7 Å². The van der Waals surface area contributed by atoms with E-state index in [0.717, 1.165) is 61.8 Å². The number of anilines is 1. The van der Waals surface area contributed by atoms with Crippen molar-refractivity contribution in [2.45, 2.75) is 71.6 Å². The molecular formula is C23H30KN2O4S. The summed E-state index contributed by atoms with van der Waals surface area (Å²) in [7, 11) is -3.94. The van der Waals surface area contributed by atoms with Crippen molar-refractivity contribution in [3.63, 3.8) is 0 Å². The van der Waals surface area contributed by atoms with Crippen LogP contribution in [0.4, 0.5) is 10.5 Å². The topological polar surface area (TPSA) is 92.3 Å². The smallest absolute Gasteiger partial charge is 0.307 e. The summed E-state index contributed by atoms with van der Waals surface area (Å²) in [5, 5.41) is 2.88. The number of nitrogens with one attached hydrogen (secondary N) is 2. The van der Waals surface area contributed by atoms with Gasteiger partial charge < -0.3 is 5.32 Å². The molecular weight excluding hydrogens is 439 g/mol. The van der Waals surface area contributed by atoms with Crippen molar-refractivity contribution in [1.82, 2.24) is 4.72 Å². The molecule has 8 heteroatoms. The van der Waals surface area contributed by atoms with Gasteiger partial charge in [-0.3, -0.25) is 4.79 Å². The molecule has 0 aliphatic heterocycles. The van der Waals surface area contributed by atoms with Gasteiger partial charge in [0, 0.05) is 63.5 Å². The van der Waals surface area contributed by atoms with Crippen molar-refractivity contribution in [3.05, 3.63) is 28.3 Å². The molecule has 1 unspecified atom stereocenters. The molecule has 0 heterocycles. The number of sulfonamides is 1. The van der Waals surface area contributed by atoms with Crippen LogP contribution in [0.5, 0.6) is 0 Å². The molecule has 1 radical (unpaired) electrons. The van der Waals surface area contributed by atoms with E-state index in [1.165, 1.54) is 11.1 Å². The molecule has 2 atom stereocenters. The number of hydrogen-bond acceptors (Lipinski definition) is 4. The Kier molecular flexibility index (Phi) is 6.32. The number of hydrogen-bond donors (Lipinski definition) is 2. The molecule has 2 fully saturated rings. The van der Waals surface area contributed by atoms with E-state index in [9.17, 15) is 18.0 Å². The number of amides is 2. The molecule has 5 rings (SSSR count). The summed E-state index contributed by atoms with van der Waals surface area (Å²) in [4.78, 5) is 25.5. The maximum atomic E-state index is 12.9. The Morgan fingerprint density at radius 3 is 2.23 bits per heavy atom. The average Bonchev–Trinajstić information content (AvgIpc) is 3.38. The molecule has 2 saturated carbocycles. The first-order chi connectivity index (χ1) is 14.1. The number of aryl methyl sites for hydroxylation is 2. The van der Waals surface area contributed by atoms with E-state index in [4.69, 9.17) is 0 Å². The van der Waals surface area contributed by atoms with Gasteiger partial charge in [0.2, 0.25) is 10.0 Å². The van der Waals surface area contributed by atoms with Gasteiger partial charge in [-0.05, 0) is 85.0 Å².